The molecule has 0 aromatic heterocycles. The van der Waals surface area contributed by atoms with E-state index in [1.54, 1.807) is 0 Å². The first kappa shape index (κ1) is 13.7. The topological polar surface area (TPSA) is 3.24 Å². The molecule has 0 aliphatic carbocycles. The zero-order valence-corrected chi connectivity index (χ0v) is 12.0. The van der Waals surface area contributed by atoms with Gasteiger partial charge < -0.3 is 4.90 Å². The van der Waals surface area contributed by atoms with Crippen molar-refractivity contribution in [2.24, 2.45) is 0 Å². The maximum Gasteiger partial charge on any atom is 0.0443 e. The van der Waals surface area contributed by atoms with Gasteiger partial charge in [0.05, 0.1) is 0 Å². The average molecular weight is 253 g/mol. The van der Waals surface area contributed by atoms with E-state index >= 15 is 0 Å². The Morgan fingerprint density at radius 3 is 2.16 bits per heavy atom. The van der Waals surface area contributed by atoms with Gasteiger partial charge in [0, 0.05) is 17.9 Å². The molecule has 0 N–H and O–H groups in total. The molecule has 1 heteroatoms. The zero-order chi connectivity index (χ0) is 13.5. The minimum atomic E-state index is 1.06. The summed E-state index contributed by atoms with van der Waals surface area (Å²) in [7, 11) is 0. The first-order valence-electron chi connectivity index (χ1n) is 7.27. The fourth-order valence-electron chi connectivity index (χ4n) is 2.48. The Morgan fingerprint density at radius 2 is 1.47 bits per heavy atom. The molecule has 0 aliphatic rings. The summed E-state index contributed by atoms with van der Waals surface area (Å²) < 4.78 is 0. The molecule has 0 unspecified atom stereocenters. The van der Waals surface area contributed by atoms with Gasteiger partial charge in [0.1, 0.15) is 0 Å². The quantitative estimate of drug-likeness (QED) is 0.685. The van der Waals surface area contributed by atoms with Crippen LogP contribution in [0.2, 0.25) is 0 Å². The molecule has 0 atom stereocenters. The number of nitrogens with zero attached hydrogens (tertiary/aromatic N) is 1. The Labute approximate surface area is 116 Å². The highest BCUT2D eigenvalue weighted by Crippen LogP contribution is 2.29. The average Bonchev–Trinajstić information content (AvgIpc) is 2.47. The Kier molecular flexibility index (Phi) is 5.02. The number of hydrogen-bond acceptors (Lipinski definition) is 1. The van der Waals surface area contributed by atoms with Crippen LogP contribution in [-0.2, 0) is 6.42 Å². The zero-order valence-electron chi connectivity index (χ0n) is 12.0. The van der Waals surface area contributed by atoms with Crippen LogP contribution in [0.1, 0.15) is 32.3 Å². The molecule has 1 nitrogen and oxygen atoms in total. The van der Waals surface area contributed by atoms with Gasteiger partial charge in [-0.1, -0.05) is 56.7 Å². The van der Waals surface area contributed by atoms with E-state index in [-0.39, 0.29) is 0 Å². The molecule has 2 aromatic rings. The summed E-state index contributed by atoms with van der Waals surface area (Å²) in [6.07, 6.45) is 3.48. The predicted octanol–water partition coefficient (Wildman–Crippen LogP) is 5.19. The molecular formula is C18H23N. The van der Waals surface area contributed by atoms with Crippen LogP contribution in [0, 0.1) is 0 Å². The largest absolute Gasteiger partial charge is 0.341 e. The molecule has 2 aromatic carbocycles. The lowest BCUT2D eigenvalue weighted by Crippen LogP contribution is -2.19. The molecule has 0 bridgehead atoms. The summed E-state index contributed by atoms with van der Waals surface area (Å²) >= 11 is 0. The smallest absolute Gasteiger partial charge is 0.0443 e. The molecule has 0 saturated carbocycles. The maximum atomic E-state index is 2.44. The van der Waals surface area contributed by atoms with E-state index < -0.39 is 0 Å². The fourth-order valence-corrected chi connectivity index (χ4v) is 2.48. The van der Waals surface area contributed by atoms with Gasteiger partial charge >= 0.3 is 0 Å². The summed E-state index contributed by atoms with van der Waals surface area (Å²) in [6, 6.07) is 19.5. The van der Waals surface area contributed by atoms with Gasteiger partial charge in [-0.25, -0.2) is 0 Å². The highest BCUT2D eigenvalue weighted by Gasteiger charge is 2.11. The number of benzene rings is 2. The van der Waals surface area contributed by atoms with Crippen LogP contribution < -0.4 is 4.90 Å². The standard InChI is InChI=1S/C18H23N/c1-3-10-16-11-8-9-14-18(16)19(15-4-2)17-12-6-5-7-13-17/h5-9,11-14H,3-4,10,15H2,1-2H3. The predicted molar refractivity (Wildman–Crippen MR) is 84.2 cm³/mol. The molecule has 0 spiro atoms. The van der Waals surface area contributed by atoms with E-state index in [9.17, 15) is 0 Å². The van der Waals surface area contributed by atoms with Crippen LogP contribution in [0.3, 0.4) is 0 Å². The Bertz CT molecular complexity index is 490. The monoisotopic (exact) mass is 253 g/mol. The third-order valence-electron chi connectivity index (χ3n) is 3.32. The number of aryl methyl sites for hydroxylation is 1. The Hall–Kier alpha value is -1.76. The number of hydrogen-bond donors (Lipinski definition) is 0. The molecule has 2 rings (SSSR count). The van der Waals surface area contributed by atoms with E-state index in [1.165, 1.54) is 23.4 Å². The Balaban J connectivity index is 2.39. The SMILES string of the molecule is CCCc1ccccc1N(CCC)c1ccccc1. The van der Waals surface area contributed by atoms with Gasteiger partial charge in [0.25, 0.3) is 0 Å². The second-order valence-corrected chi connectivity index (χ2v) is 4.87. The second kappa shape index (κ2) is 6.98. The first-order chi connectivity index (χ1) is 9.36. The summed E-state index contributed by atoms with van der Waals surface area (Å²) in [5, 5.41) is 0. The van der Waals surface area contributed by atoms with Gasteiger partial charge in [-0.15, -0.1) is 0 Å². The van der Waals surface area contributed by atoms with Gasteiger partial charge in [0.2, 0.25) is 0 Å². The lowest BCUT2D eigenvalue weighted by molar-refractivity contribution is 0.863. The molecule has 0 amide bonds. The lowest BCUT2D eigenvalue weighted by atomic mass is 10.1. The molecule has 0 heterocycles. The number of anilines is 2. The van der Waals surface area contributed by atoms with Crippen molar-refractivity contribution in [2.75, 3.05) is 11.4 Å². The molecule has 0 aliphatic heterocycles. The van der Waals surface area contributed by atoms with Crippen LogP contribution in [0.25, 0.3) is 0 Å². The van der Waals surface area contributed by atoms with Gasteiger partial charge in [0.15, 0.2) is 0 Å². The highest BCUT2D eigenvalue weighted by atomic mass is 15.1. The van der Waals surface area contributed by atoms with Crippen LogP contribution >= 0.6 is 0 Å². The molecule has 100 valence electrons. The summed E-state index contributed by atoms with van der Waals surface area (Å²) in [5.41, 5.74) is 4.09. The molecule has 0 saturated heterocycles. The lowest BCUT2D eigenvalue weighted by Gasteiger charge is -2.27. The molecular weight excluding hydrogens is 230 g/mol. The minimum absolute atomic E-state index is 1.06. The summed E-state index contributed by atoms with van der Waals surface area (Å²) in [4.78, 5) is 2.44. The van der Waals surface area contributed by atoms with Crippen LogP contribution in [0.4, 0.5) is 11.4 Å². The molecule has 0 radical (unpaired) electrons. The third kappa shape index (κ3) is 3.37. The fraction of sp³-hybridized carbons (Fsp3) is 0.333. The van der Waals surface area contributed by atoms with E-state index in [0.717, 1.165) is 19.4 Å². The van der Waals surface area contributed by atoms with Crippen molar-refractivity contribution in [1.82, 2.24) is 0 Å². The van der Waals surface area contributed by atoms with Crippen molar-refractivity contribution >= 4 is 11.4 Å². The van der Waals surface area contributed by atoms with Crippen LogP contribution in [0.5, 0.6) is 0 Å². The summed E-state index contributed by atoms with van der Waals surface area (Å²) in [5.74, 6) is 0. The molecule has 19 heavy (non-hydrogen) atoms. The van der Waals surface area contributed by atoms with Gasteiger partial charge in [-0.3, -0.25) is 0 Å². The van der Waals surface area contributed by atoms with Crippen molar-refractivity contribution in [1.29, 1.82) is 0 Å². The Morgan fingerprint density at radius 1 is 0.789 bits per heavy atom. The highest BCUT2D eigenvalue weighted by molar-refractivity contribution is 5.66. The normalized spacial score (nSPS) is 10.4. The maximum absolute atomic E-state index is 2.44. The van der Waals surface area contributed by atoms with E-state index in [4.69, 9.17) is 0 Å². The van der Waals surface area contributed by atoms with Gasteiger partial charge in [-0.05, 0) is 36.6 Å². The van der Waals surface area contributed by atoms with Gasteiger partial charge in [-0.2, -0.15) is 0 Å². The molecule has 0 fully saturated rings. The number of para-hydroxylation sites is 2. The van der Waals surface area contributed by atoms with E-state index in [0.29, 0.717) is 0 Å². The van der Waals surface area contributed by atoms with Crippen LogP contribution in [-0.4, -0.2) is 6.54 Å². The van der Waals surface area contributed by atoms with Crippen molar-refractivity contribution in [3.8, 4) is 0 Å². The van der Waals surface area contributed by atoms with Crippen molar-refractivity contribution in [3.63, 3.8) is 0 Å². The number of rotatable bonds is 6. The minimum Gasteiger partial charge on any atom is -0.341 e. The summed E-state index contributed by atoms with van der Waals surface area (Å²) in [6.45, 7) is 5.53. The van der Waals surface area contributed by atoms with Crippen molar-refractivity contribution < 1.29 is 0 Å². The van der Waals surface area contributed by atoms with Crippen molar-refractivity contribution in [2.45, 2.75) is 33.1 Å². The second-order valence-electron chi connectivity index (χ2n) is 4.87. The third-order valence-corrected chi connectivity index (χ3v) is 3.32. The van der Waals surface area contributed by atoms with Crippen molar-refractivity contribution in [3.05, 3.63) is 60.2 Å². The van der Waals surface area contributed by atoms with Crippen LogP contribution in [0.15, 0.2) is 54.6 Å². The van der Waals surface area contributed by atoms with E-state index in [2.05, 4.69) is 73.3 Å². The first-order valence-corrected chi connectivity index (χ1v) is 7.27. The van der Waals surface area contributed by atoms with E-state index in [1.807, 2.05) is 0 Å².